The lowest BCUT2D eigenvalue weighted by atomic mass is 10.2. The standard InChI is InChI=1S/C13H11BrO2S/c14-10-3-5-13(6-4-10)17-9-11(15)8-12-2-1-7-16-12/h1-7H,8-9H2. The Bertz CT molecular complexity index is 477. The first kappa shape index (κ1) is 12.5. The molecule has 0 saturated heterocycles. The van der Waals surface area contributed by atoms with E-state index >= 15 is 0 Å². The minimum Gasteiger partial charge on any atom is -0.469 e. The third-order valence-corrected chi connectivity index (χ3v) is 3.77. The molecule has 0 radical (unpaired) electrons. The van der Waals surface area contributed by atoms with Crippen LogP contribution in [0.15, 0.2) is 56.4 Å². The minimum atomic E-state index is 0.174. The van der Waals surface area contributed by atoms with Crippen LogP contribution in [0.3, 0.4) is 0 Å². The summed E-state index contributed by atoms with van der Waals surface area (Å²) in [7, 11) is 0. The normalized spacial score (nSPS) is 10.4. The summed E-state index contributed by atoms with van der Waals surface area (Å²) in [5, 5.41) is 0. The first-order chi connectivity index (χ1) is 8.24. The number of halogens is 1. The van der Waals surface area contributed by atoms with E-state index in [0.717, 1.165) is 15.1 Å². The first-order valence-electron chi connectivity index (χ1n) is 5.16. The van der Waals surface area contributed by atoms with Gasteiger partial charge in [-0.3, -0.25) is 4.79 Å². The molecule has 0 spiro atoms. The highest BCUT2D eigenvalue weighted by molar-refractivity contribution is 9.10. The molecule has 1 aromatic heterocycles. The molecule has 0 aliphatic rings. The molecule has 0 unspecified atom stereocenters. The van der Waals surface area contributed by atoms with E-state index in [9.17, 15) is 4.79 Å². The molecule has 0 atom stereocenters. The fourth-order valence-corrected chi connectivity index (χ4v) is 2.38. The molecule has 0 saturated carbocycles. The number of ketones is 1. The highest BCUT2D eigenvalue weighted by Gasteiger charge is 2.06. The third kappa shape index (κ3) is 4.06. The zero-order chi connectivity index (χ0) is 12.1. The molecule has 4 heteroatoms. The number of benzene rings is 1. The summed E-state index contributed by atoms with van der Waals surface area (Å²) < 4.78 is 6.18. The molecule has 0 fully saturated rings. The fraction of sp³-hybridized carbons (Fsp3) is 0.154. The van der Waals surface area contributed by atoms with E-state index in [1.54, 1.807) is 24.1 Å². The topological polar surface area (TPSA) is 30.2 Å². The second-order valence-corrected chi connectivity index (χ2v) is 5.50. The van der Waals surface area contributed by atoms with Crippen molar-refractivity contribution in [2.24, 2.45) is 0 Å². The van der Waals surface area contributed by atoms with E-state index in [4.69, 9.17) is 4.42 Å². The SMILES string of the molecule is O=C(CSc1ccc(Br)cc1)Cc1ccco1. The highest BCUT2D eigenvalue weighted by Crippen LogP contribution is 2.20. The Hall–Kier alpha value is -1.00. The molecule has 0 aliphatic carbocycles. The van der Waals surface area contributed by atoms with Gasteiger partial charge in [0.15, 0.2) is 5.78 Å². The molecule has 0 N–H and O–H groups in total. The van der Waals surface area contributed by atoms with E-state index in [0.29, 0.717) is 12.2 Å². The number of carbonyl (C=O) groups is 1. The number of Topliss-reactive ketones (excluding diaryl/α,β-unsaturated/α-hetero) is 1. The predicted molar refractivity (Wildman–Crippen MR) is 72.3 cm³/mol. The molecule has 0 bridgehead atoms. The number of carbonyl (C=O) groups excluding carboxylic acids is 1. The van der Waals surface area contributed by atoms with Crippen molar-refractivity contribution in [2.45, 2.75) is 11.3 Å². The van der Waals surface area contributed by atoms with Crippen LogP contribution < -0.4 is 0 Å². The number of furan rings is 1. The maximum Gasteiger partial charge on any atom is 0.150 e. The van der Waals surface area contributed by atoms with E-state index < -0.39 is 0 Å². The van der Waals surface area contributed by atoms with Crippen molar-refractivity contribution in [3.63, 3.8) is 0 Å². The van der Waals surface area contributed by atoms with Gasteiger partial charge in [0.2, 0.25) is 0 Å². The van der Waals surface area contributed by atoms with E-state index in [2.05, 4.69) is 15.9 Å². The van der Waals surface area contributed by atoms with E-state index in [1.807, 2.05) is 30.3 Å². The van der Waals surface area contributed by atoms with Crippen molar-refractivity contribution in [2.75, 3.05) is 5.75 Å². The van der Waals surface area contributed by atoms with Gasteiger partial charge in [-0.2, -0.15) is 0 Å². The summed E-state index contributed by atoms with van der Waals surface area (Å²) in [5.41, 5.74) is 0. The summed E-state index contributed by atoms with van der Waals surface area (Å²) in [6, 6.07) is 11.6. The predicted octanol–water partition coefficient (Wildman–Crippen LogP) is 3.95. The van der Waals surface area contributed by atoms with Crippen molar-refractivity contribution in [1.82, 2.24) is 0 Å². The Morgan fingerprint density at radius 3 is 2.65 bits per heavy atom. The van der Waals surface area contributed by atoms with Crippen LogP contribution in [-0.4, -0.2) is 11.5 Å². The number of hydrogen-bond donors (Lipinski definition) is 0. The van der Waals surface area contributed by atoms with Crippen LogP contribution in [0.5, 0.6) is 0 Å². The van der Waals surface area contributed by atoms with Gasteiger partial charge in [-0.1, -0.05) is 15.9 Å². The van der Waals surface area contributed by atoms with Crippen LogP contribution in [0, 0.1) is 0 Å². The van der Waals surface area contributed by atoms with Crippen LogP contribution in [0.4, 0.5) is 0 Å². The monoisotopic (exact) mass is 310 g/mol. The Labute approximate surface area is 113 Å². The Balaban J connectivity index is 1.82. The van der Waals surface area contributed by atoms with Gasteiger partial charge < -0.3 is 4.42 Å². The van der Waals surface area contributed by atoms with Gasteiger partial charge in [0, 0.05) is 9.37 Å². The molecule has 2 aromatic rings. The second-order valence-electron chi connectivity index (χ2n) is 3.54. The zero-order valence-electron chi connectivity index (χ0n) is 9.06. The fourth-order valence-electron chi connectivity index (χ4n) is 1.35. The summed E-state index contributed by atoms with van der Waals surface area (Å²) >= 11 is 4.92. The molecule has 0 aliphatic heterocycles. The third-order valence-electron chi connectivity index (χ3n) is 2.16. The molecule has 2 nitrogen and oxygen atoms in total. The van der Waals surface area contributed by atoms with E-state index in [-0.39, 0.29) is 5.78 Å². The van der Waals surface area contributed by atoms with Gasteiger partial charge in [-0.05, 0) is 36.4 Å². The van der Waals surface area contributed by atoms with Crippen molar-refractivity contribution in [1.29, 1.82) is 0 Å². The van der Waals surface area contributed by atoms with Gasteiger partial charge >= 0.3 is 0 Å². The maximum atomic E-state index is 11.7. The second kappa shape index (κ2) is 6.07. The summed E-state index contributed by atoms with van der Waals surface area (Å²) in [5.74, 6) is 1.38. The first-order valence-corrected chi connectivity index (χ1v) is 6.94. The minimum absolute atomic E-state index is 0.174. The average Bonchev–Trinajstić information content (AvgIpc) is 2.81. The Morgan fingerprint density at radius 1 is 1.24 bits per heavy atom. The number of rotatable bonds is 5. The van der Waals surface area contributed by atoms with Crippen LogP contribution in [0.1, 0.15) is 5.76 Å². The highest BCUT2D eigenvalue weighted by atomic mass is 79.9. The van der Waals surface area contributed by atoms with Crippen LogP contribution >= 0.6 is 27.7 Å². The molecular weight excluding hydrogens is 300 g/mol. The maximum absolute atomic E-state index is 11.7. The Morgan fingerprint density at radius 2 is 2.00 bits per heavy atom. The van der Waals surface area contributed by atoms with Crippen LogP contribution in [-0.2, 0) is 11.2 Å². The molecule has 1 heterocycles. The quantitative estimate of drug-likeness (QED) is 0.783. The number of hydrogen-bond acceptors (Lipinski definition) is 3. The zero-order valence-corrected chi connectivity index (χ0v) is 11.5. The van der Waals surface area contributed by atoms with Crippen molar-refractivity contribution in [3.05, 3.63) is 52.9 Å². The van der Waals surface area contributed by atoms with Gasteiger partial charge in [0.05, 0.1) is 18.4 Å². The molecule has 1 aromatic carbocycles. The molecule has 17 heavy (non-hydrogen) atoms. The van der Waals surface area contributed by atoms with Crippen molar-refractivity contribution >= 4 is 33.5 Å². The van der Waals surface area contributed by atoms with Crippen LogP contribution in [0.25, 0.3) is 0 Å². The van der Waals surface area contributed by atoms with Gasteiger partial charge in [-0.25, -0.2) is 0 Å². The molecule has 0 amide bonds. The van der Waals surface area contributed by atoms with Gasteiger partial charge in [0.25, 0.3) is 0 Å². The van der Waals surface area contributed by atoms with E-state index in [1.165, 1.54) is 0 Å². The summed E-state index contributed by atoms with van der Waals surface area (Å²) in [6.07, 6.45) is 1.96. The lowest BCUT2D eigenvalue weighted by Gasteiger charge is -2.00. The molecular formula is C13H11BrO2S. The largest absolute Gasteiger partial charge is 0.469 e. The van der Waals surface area contributed by atoms with Gasteiger partial charge in [-0.15, -0.1) is 11.8 Å². The summed E-state index contributed by atoms with van der Waals surface area (Å²) in [4.78, 5) is 12.8. The number of thioether (sulfide) groups is 1. The van der Waals surface area contributed by atoms with Crippen molar-refractivity contribution in [3.8, 4) is 0 Å². The van der Waals surface area contributed by atoms with Gasteiger partial charge in [0.1, 0.15) is 5.76 Å². The van der Waals surface area contributed by atoms with Crippen LogP contribution in [0.2, 0.25) is 0 Å². The Kier molecular flexibility index (Phi) is 4.45. The molecule has 88 valence electrons. The lowest BCUT2D eigenvalue weighted by Crippen LogP contribution is -2.04. The smallest absolute Gasteiger partial charge is 0.150 e. The molecule has 2 rings (SSSR count). The van der Waals surface area contributed by atoms with Crippen molar-refractivity contribution < 1.29 is 9.21 Å². The lowest BCUT2D eigenvalue weighted by molar-refractivity contribution is -0.116. The summed E-state index contributed by atoms with van der Waals surface area (Å²) in [6.45, 7) is 0. The average molecular weight is 311 g/mol.